The molecule has 0 spiro atoms. The molecule has 2 atom stereocenters. The van der Waals surface area contributed by atoms with Crippen LogP contribution in [0, 0.1) is 5.92 Å². The summed E-state index contributed by atoms with van der Waals surface area (Å²) < 4.78 is 10.6. The van der Waals surface area contributed by atoms with Gasteiger partial charge in [-0.3, -0.25) is 14.6 Å². The van der Waals surface area contributed by atoms with Crippen molar-refractivity contribution < 1.29 is 19.1 Å². The third-order valence-corrected chi connectivity index (χ3v) is 6.55. The van der Waals surface area contributed by atoms with E-state index in [0.717, 1.165) is 34.0 Å². The van der Waals surface area contributed by atoms with Crippen LogP contribution in [-0.4, -0.2) is 31.0 Å². The molecule has 1 aromatic heterocycles. The highest BCUT2D eigenvalue weighted by Gasteiger charge is 2.44. The third kappa shape index (κ3) is 5.00. The van der Waals surface area contributed by atoms with Gasteiger partial charge in [-0.15, -0.1) is 0 Å². The molecule has 36 heavy (non-hydrogen) atoms. The van der Waals surface area contributed by atoms with E-state index in [-0.39, 0.29) is 23.7 Å². The van der Waals surface area contributed by atoms with Crippen LogP contribution in [0.1, 0.15) is 33.8 Å². The van der Waals surface area contributed by atoms with E-state index >= 15 is 0 Å². The second-order valence-corrected chi connectivity index (χ2v) is 8.86. The molecule has 5 rings (SSSR count). The highest BCUT2D eigenvalue weighted by Crippen LogP contribution is 2.48. The summed E-state index contributed by atoms with van der Waals surface area (Å²) in [5.74, 6) is 1.15. The van der Waals surface area contributed by atoms with Crippen LogP contribution in [-0.2, 0) is 11.3 Å². The normalized spacial score (nSPS) is 16.3. The lowest BCUT2D eigenvalue weighted by Gasteiger charge is -2.12. The van der Waals surface area contributed by atoms with Gasteiger partial charge in [-0.2, -0.15) is 0 Å². The van der Waals surface area contributed by atoms with Crippen LogP contribution in [0.25, 0.3) is 10.8 Å². The number of benzene rings is 3. The largest absolute Gasteiger partial charge is 0.497 e. The van der Waals surface area contributed by atoms with E-state index in [4.69, 9.17) is 9.47 Å². The van der Waals surface area contributed by atoms with Crippen molar-refractivity contribution in [3.8, 4) is 11.5 Å². The zero-order valence-electron chi connectivity index (χ0n) is 20.2. The SMILES string of the molecule is COc1ccc(CNC(=O)c2cccc([C@@H]3C[C@H]3C(=O)Nc3ccc4cnccc4c3)c2)c(OC)c1. The molecule has 1 fully saturated rings. The van der Waals surface area contributed by atoms with Crippen LogP contribution in [0.5, 0.6) is 11.5 Å². The van der Waals surface area contributed by atoms with Gasteiger partial charge in [0.05, 0.1) is 14.2 Å². The number of carbonyl (C=O) groups is 2. The molecule has 2 N–H and O–H groups in total. The molecule has 0 radical (unpaired) electrons. The first-order chi connectivity index (χ1) is 17.6. The zero-order valence-corrected chi connectivity index (χ0v) is 20.2. The molecular weight excluding hydrogens is 454 g/mol. The molecular formula is C29H27N3O4. The first-order valence-electron chi connectivity index (χ1n) is 11.8. The lowest BCUT2D eigenvalue weighted by molar-refractivity contribution is -0.117. The van der Waals surface area contributed by atoms with E-state index in [1.165, 1.54) is 0 Å². The fourth-order valence-corrected chi connectivity index (χ4v) is 4.44. The quantitative estimate of drug-likeness (QED) is 0.373. The Hall–Kier alpha value is -4.39. The highest BCUT2D eigenvalue weighted by molar-refractivity contribution is 5.98. The summed E-state index contributed by atoms with van der Waals surface area (Å²) in [6.45, 7) is 0.326. The third-order valence-electron chi connectivity index (χ3n) is 6.55. The smallest absolute Gasteiger partial charge is 0.251 e. The number of methoxy groups -OCH3 is 2. The number of hydrogen-bond acceptors (Lipinski definition) is 5. The highest BCUT2D eigenvalue weighted by atomic mass is 16.5. The summed E-state index contributed by atoms with van der Waals surface area (Å²) in [5, 5.41) is 8.04. The van der Waals surface area contributed by atoms with Gasteiger partial charge >= 0.3 is 0 Å². The minimum atomic E-state index is -0.179. The number of amides is 2. The van der Waals surface area contributed by atoms with Crippen LogP contribution < -0.4 is 20.1 Å². The van der Waals surface area contributed by atoms with Gasteiger partial charge in [-0.05, 0) is 65.8 Å². The predicted octanol–water partition coefficient (Wildman–Crippen LogP) is 4.92. The number of hydrogen-bond donors (Lipinski definition) is 2. The average Bonchev–Trinajstić information content (AvgIpc) is 3.73. The maximum absolute atomic E-state index is 12.9. The molecule has 7 heteroatoms. The van der Waals surface area contributed by atoms with Gasteiger partial charge in [0.15, 0.2) is 0 Å². The number of nitrogens with one attached hydrogen (secondary N) is 2. The van der Waals surface area contributed by atoms with Crippen molar-refractivity contribution in [3.05, 3.63) is 95.8 Å². The molecule has 7 nitrogen and oxygen atoms in total. The first-order valence-corrected chi connectivity index (χ1v) is 11.8. The van der Waals surface area contributed by atoms with E-state index in [1.807, 2.05) is 54.6 Å². The van der Waals surface area contributed by atoms with Crippen molar-refractivity contribution in [3.63, 3.8) is 0 Å². The Morgan fingerprint density at radius 1 is 0.972 bits per heavy atom. The van der Waals surface area contributed by atoms with Crippen molar-refractivity contribution in [1.29, 1.82) is 0 Å². The van der Waals surface area contributed by atoms with Crippen molar-refractivity contribution in [1.82, 2.24) is 10.3 Å². The monoisotopic (exact) mass is 481 g/mol. The number of anilines is 1. The second-order valence-electron chi connectivity index (χ2n) is 8.86. The van der Waals surface area contributed by atoms with Gasteiger partial charge in [0.25, 0.3) is 5.91 Å². The Balaban J connectivity index is 1.21. The molecule has 1 aliphatic carbocycles. The Morgan fingerprint density at radius 3 is 2.69 bits per heavy atom. The van der Waals surface area contributed by atoms with Crippen LogP contribution >= 0.6 is 0 Å². The van der Waals surface area contributed by atoms with Crippen LogP contribution in [0.3, 0.4) is 0 Å². The van der Waals surface area contributed by atoms with Gasteiger partial charge < -0.3 is 20.1 Å². The topological polar surface area (TPSA) is 89.5 Å². The fourth-order valence-electron chi connectivity index (χ4n) is 4.44. The molecule has 4 aromatic rings. The number of rotatable bonds is 8. The lowest BCUT2D eigenvalue weighted by atomic mass is 10.0. The number of aromatic nitrogens is 1. The molecule has 0 aliphatic heterocycles. The van der Waals surface area contributed by atoms with Crippen molar-refractivity contribution in [2.45, 2.75) is 18.9 Å². The second kappa shape index (κ2) is 10.1. The van der Waals surface area contributed by atoms with Crippen molar-refractivity contribution in [2.24, 2.45) is 5.92 Å². The van der Waals surface area contributed by atoms with E-state index in [9.17, 15) is 9.59 Å². The summed E-state index contributed by atoms with van der Waals surface area (Å²) >= 11 is 0. The van der Waals surface area contributed by atoms with Gasteiger partial charge in [0, 0.05) is 53.1 Å². The molecule has 0 unspecified atom stereocenters. The summed E-state index contributed by atoms with van der Waals surface area (Å²) in [7, 11) is 3.18. The Labute approximate surface area is 209 Å². The summed E-state index contributed by atoms with van der Waals surface area (Å²) in [6, 6.07) is 20.7. The van der Waals surface area contributed by atoms with Gasteiger partial charge in [-0.25, -0.2) is 0 Å². The molecule has 2 amide bonds. The van der Waals surface area contributed by atoms with E-state index in [2.05, 4.69) is 15.6 Å². The molecule has 3 aromatic carbocycles. The van der Waals surface area contributed by atoms with Crippen molar-refractivity contribution >= 4 is 28.3 Å². The minimum Gasteiger partial charge on any atom is -0.497 e. The van der Waals surface area contributed by atoms with Gasteiger partial charge in [0.1, 0.15) is 11.5 Å². The number of carbonyl (C=O) groups excluding carboxylic acids is 2. The fraction of sp³-hybridized carbons (Fsp3) is 0.207. The molecule has 1 saturated carbocycles. The zero-order chi connectivity index (χ0) is 25.1. The minimum absolute atomic E-state index is 0.00476. The number of nitrogens with zero attached hydrogens (tertiary/aromatic N) is 1. The number of pyridine rings is 1. The van der Waals surface area contributed by atoms with Crippen molar-refractivity contribution in [2.75, 3.05) is 19.5 Å². The Morgan fingerprint density at radius 2 is 1.86 bits per heavy atom. The number of fused-ring (bicyclic) bond motifs is 1. The summed E-state index contributed by atoms with van der Waals surface area (Å²) in [5.41, 5.74) is 3.18. The standard InChI is InChI=1S/C29H27N3O4/c1-35-24-9-7-22(27(14-24)36-2)17-31-28(33)20-5-3-4-19(12-20)25-15-26(25)29(34)32-23-8-6-21-16-30-11-10-18(21)13-23/h3-14,16,25-26H,15,17H2,1-2H3,(H,31,33)(H,32,34)/t25-,26+/m0/s1. The first kappa shape index (κ1) is 23.4. The molecule has 1 heterocycles. The maximum atomic E-state index is 12.9. The molecule has 1 aliphatic rings. The van der Waals surface area contributed by atoms with Gasteiger partial charge in [0.2, 0.25) is 5.91 Å². The van der Waals surface area contributed by atoms with Crippen LogP contribution in [0.2, 0.25) is 0 Å². The summed E-state index contributed by atoms with van der Waals surface area (Å²) in [6.07, 6.45) is 4.30. The van der Waals surface area contributed by atoms with E-state index in [0.29, 0.717) is 23.6 Å². The van der Waals surface area contributed by atoms with Crippen LogP contribution in [0.4, 0.5) is 5.69 Å². The maximum Gasteiger partial charge on any atom is 0.251 e. The molecule has 0 bridgehead atoms. The molecule has 0 saturated heterocycles. The van der Waals surface area contributed by atoms with E-state index in [1.54, 1.807) is 38.7 Å². The van der Waals surface area contributed by atoms with E-state index < -0.39 is 0 Å². The average molecular weight is 482 g/mol. The Bertz CT molecular complexity index is 1440. The lowest BCUT2D eigenvalue weighted by Crippen LogP contribution is -2.23. The predicted molar refractivity (Wildman–Crippen MR) is 138 cm³/mol. The van der Waals surface area contributed by atoms with Crippen LogP contribution in [0.15, 0.2) is 79.1 Å². The molecule has 182 valence electrons. The Kier molecular flexibility index (Phi) is 6.54. The van der Waals surface area contributed by atoms with Gasteiger partial charge in [-0.1, -0.05) is 18.2 Å². The summed E-state index contributed by atoms with van der Waals surface area (Å²) in [4.78, 5) is 29.8. The number of ether oxygens (including phenoxy) is 2.